The molecule has 2 N–H and O–H groups in total. The summed E-state index contributed by atoms with van der Waals surface area (Å²) in [6, 6.07) is 36.9. The molecule has 0 spiro atoms. The van der Waals surface area contributed by atoms with Crippen molar-refractivity contribution in [3.8, 4) is 0 Å². The Morgan fingerprint density at radius 1 is 0.373 bits per heavy atom. The largest absolute Gasteiger partial charge is 0.478 e. The van der Waals surface area contributed by atoms with Crippen LogP contribution in [-0.2, 0) is 4.74 Å². The molecule has 0 aliphatic rings. The van der Waals surface area contributed by atoms with Gasteiger partial charge in [-0.3, -0.25) is 0 Å². The lowest BCUT2D eigenvalue weighted by molar-refractivity contribution is 0.0390. The van der Waals surface area contributed by atoms with E-state index in [0.29, 0.717) is 43.1 Å². The summed E-state index contributed by atoms with van der Waals surface area (Å²) in [7, 11) is 0. The number of carboxylic acid groups (broad SMARTS) is 2. The molecule has 0 unspecified atom stereocenters. The van der Waals surface area contributed by atoms with Crippen LogP contribution in [0.4, 0.5) is 0 Å². The van der Waals surface area contributed by atoms with Crippen molar-refractivity contribution in [3.05, 3.63) is 144 Å². The van der Waals surface area contributed by atoms with Crippen molar-refractivity contribution in [1.29, 1.82) is 0 Å². The number of hydrogen-bond donors (Lipinski definition) is 2. The number of benzene rings is 10. The zero-order valence-electron chi connectivity index (χ0n) is 26.5. The van der Waals surface area contributed by atoms with Gasteiger partial charge in [0.25, 0.3) is 0 Å². The molecule has 0 saturated heterocycles. The Kier molecular flexibility index (Phi) is 5.77. The van der Waals surface area contributed by atoms with E-state index in [4.69, 9.17) is 4.74 Å². The highest BCUT2D eigenvalue weighted by Crippen LogP contribution is 2.45. The van der Waals surface area contributed by atoms with Gasteiger partial charge in [0.2, 0.25) is 0 Å². The topological polar surface area (TPSA) is 118 Å². The van der Waals surface area contributed by atoms with Gasteiger partial charge in [0, 0.05) is 10.8 Å². The predicted octanol–water partition coefficient (Wildman–Crippen LogP) is 10.2. The van der Waals surface area contributed by atoms with Gasteiger partial charge in [-0.2, -0.15) is 0 Å². The predicted molar refractivity (Wildman–Crippen MR) is 199 cm³/mol. The number of hydrogen-bond acceptors (Lipinski definition) is 5. The molecule has 0 fully saturated rings. The Morgan fingerprint density at radius 2 is 0.686 bits per heavy atom. The summed E-state index contributed by atoms with van der Waals surface area (Å²) in [5.74, 6) is -5.12. The highest BCUT2D eigenvalue weighted by Gasteiger charge is 2.31. The summed E-state index contributed by atoms with van der Waals surface area (Å²) in [6.07, 6.45) is 0. The van der Waals surface area contributed by atoms with Gasteiger partial charge in [-0.15, -0.1) is 0 Å². The second-order valence-electron chi connectivity index (χ2n) is 12.9. The molecule has 0 heterocycles. The van der Waals surface area contributed by atoms with Gasteiger partial charge >= 0.3 is 23.9 Å². The molecule has 0 aromatic heterocycles. The summed E-state index contributed by atoms with van der Waals surface area (Å²) in [5.41, 5.74) is -1.22. The van der Waals surface area contributed by atoms with Crippen molar-refractivity contribution < 1.29 is 34.1 Å². The van der Waals surface area contributed by atoms with E-state index < -0.39 is 23.9 Å². The van der Waals surface area contributed by atoms with Crippen molar-refractivity contribution >= 4 is 110 Å². The molecule has 7 nitrogen and oxygen atoms in total. The van der Waals surface area contributed by atoms with E-state index >= 15 is 0 Å². The average molecular weight is 663 g/mol. The molecule has 10 aromatic carbocycles. The molecule has 51 heavy (non-hydrogen) atoms. The van der Waals surface area contributed by atoms with Crippen LogP contribution in [0.25, 0.3) is 86.2 Å². The van der Waals surface area contributed by atoms with Crippen LogP contribution in [-0.4, -0.2) is 34.1 Å². The number of carbonyl (C=O) groups is 4. The maximum absolute atomic E-state index is 14.5. The van der Waals surface area contributed by atoms with Gasteiger partial charge in [-0.25, -0.2) is 19.2 Å². The number of fused-ring (bicyclic) bond motifs is 4. The summed E-state index contributed by atoms with van der Waals surface area (Å²) in [6.45, 7) is 0. The Bertz CT molecular complexity index is 2980. The van der Waals surface area contributed by atoms with Crippen LogP contribution in [0.1, 0.15) is 41.4 Å². The summed E-state index contributed by atoms with van der Waals surface area (Å²) < 4.78 is 5.68. The molecule has 0 bridgehead atoms. The van der Waals surface area contributed by atoms with Crippen LogP contribution in [0, 0.1) is 0 Å². The number of rotatable bonds is 4. The maximum Gasteiger partial charge on any atom is 0.347 e. The van der Waals surface area contributed by atoms with Crippen LogP contribution < -0.4 is 0 Å². The molecule has 10 rings (SSSR count). The van der Waals surface area contributed by atoms with Crippen molar-refractivity contribution in [1.82, 2.24) is 0 Å². The fourth-order valence-electron chi connectivity index (χ4n) is 8.40. The van der Waals surface area contributed by atoms with E-state index in [1.807, 2.05) is 97.1 Å². The standard InChI is InChI=1S/C44H22O7/c45-41(46)31-19-23-11-5-15-27-25-13-1-7-21-9-3-17-29(33(21)25)37(35(23)27)39(31)43(49)51-44(50)40-32(42(47)48)20-24-12-6-16-28-26-14-2-8-22-10-4-18-30(34(22)26)38(40)36(24)28/h1-20H,(H,45,46)(H,47,48). The third kappa shape index (κ3) is 3.82. The number of carbonyl (C=O) groups excluding carboxylic acids is 2. The molecule has 0 saturated carbocycles. The number of esters is 2. The number of aromatic carboxylic acids is 2. The third-order valence-corrected chi connectivity index (χ3v) is 10.3. The first kappa shape index (κ1) is 28.9. The average Bonchev–Trinajstić information content (AvgIpc) is 3.14. The minimum atomic E-state index is -1.37. The summed E-state index contributed by atoms with van der Waals surface area (Å²) in [4.78, 5) is 54.8. The Balaban J connectivity index is 1.27. The normalized spacial score (nSPS) is 12.0. The molecule has 0 radical (unpaired) electrons. The van der Waals surface area contributed by atoms with Crippen molar-refractivity contribution in [3.63, 3.8) is 0 Å². The molecule has 0 aliphatic heterocycles. The van der Waals surface area contributed by atoms with Gasteiger partial charge in [-0.1, -0.05) is 109 Å². The van der Waals surface area contributed by atoms with Gasteiger partial charge in [0.05, 0.1) is 22.3 Å². The lowest BCUT2D eigenvalue weighted by Gasteiger charge is -2.19. The minimum Gasteiger partial charge on any atom is -0.478 e. The molecule has 0 aliphatic carbocycles. The van der Waals surface area contributed by atoms with E-state index in [1.165, 1.54) is 12.1 Å². The summed E-state index contributed by atoms with van der Waals surface area (Å²) in [5, 5.41) is 32.5. The van der Waals surface area contributed by atoms with E-state index in [9.17, 15) is 29.4 Å². The number of ether oxygens (including phenoxy) is 1. The zero-order chi connectivity index (χ0) is 34.7. The van der Waals surface area contributed by atoms with E-state index in [-0.39, 0.29) is 22.3 Å². The second kappa shape index (κ2) is 10.2. The van der Waals surface area contributed by atoms with Gasteiger partial charge in [-0.05, 0) is 87.5 Å². The zero-order valence-corrected chi connectivity index (χ0v) is 26.5. The summed E-state index contributed by atoms with van der Waals surface area (Å²) >= 11 is 0. The van der Waals surface area contributed by atoms with Crippen LogP contribution in [0.3, 0.4) is 0 Å². The third-order valence-electron chi connectivity index (χ3n) is 10.3. The fourth-order valence-corrected chi connectivity index (χ4v) is 8.40. The Hall–Kier alpha value is -7.12. The molecular weight excluding hydrogens is 640 g/mol. The first-order valence-corrected chi connectivity index (χ1v) is 16.3. The van der Waals surface area contributed by atoms with Gasteiger partial charge in [0.15, 0.2) is 0 Å². The molecule has 10 aromatic rings. The molecule has 0 amide bonds. The van der Waals surface area contributed by atoms with E-state index in [1.54, 1.807) is 12.1 Å². The fraction of sp³-hybridized carbons (Fsp3) is 0. The minimum absolute atomic E-state index is 0.280. The molecular formula is C44H22O7. The highest BCUT2D eigenvalue weighted by molar-refractivity contribution is 6.39. The molecule has 7 heteroatoms. The second-order valence-corrected chi connectivity index (χ2v) is 12.9. The maximum atomic E-state index is 14.5. The van der Waals surface area contributed by atoms with Gasteiger partial charge < -0.3 is 14.9 Å². The first-order valence-electron chi connectivity index (χ1n) is 16.3. The molecule has 240 valence electrons. The SMILES string of the molecule is O=C(O)c1cc2cccc3c4cccc5cccc(c(c1C(=O)OC(=O)c1c(C(=O)O)cc6cccc7c8cccc9cccc(c1c67)c98)c23)c54. The van der Waals surface area contributed by atoms with E-state index in [2.05, 4.69) is 0 Å². The number of carboxylic acids is 2. The Labute approximate surface area is 287 Å². The van der Waals surface area contributed by atoms with Crippen LogP contribution >= 0.6 is 0 Å². The van der Waals surface area contributed by atoms with Crippen molar-refractivity contribution in [2.24, 2.45) is 0 Å². The monoisotopic (exact) mass is 662 g/mol. The van der Waals surface area contributed by atoms with Gasteiger partial charge in [0.1, 0.15) is 0 Å². The van der Waals surface area contributed by atoms with Crippen molar-refractivity contribution in [2.75, 3.05) is 0 Å². The lowest BCUT2D eigenvalue weighted by atomic mass is 9.85. The Morgan fingerprint density at radius 3 is 1.04 bits per heavy atom. The van der Waals surface area contributed by atoms with Crippen LogP contribution in [0.5, 0.6) is 0 Å². The van der Waals surface area contributed by atoms with Crippen LogP contribution in [0.15, 0.2) is 121 Å². The molecule has 0 atom stereocenters. The van der Waals surface area contributed by atoms with Crippen molar-refractivity contribution in [2.45, 2.75) is 0 Å². The van der Waals surface area contributed by atoms with E-state index in [0.717, 1.165) is 43.1 Å². The first-order chi connectivity index (χ1) is 24.8. The van der Waals surface area contributed by atoms with Crippen LogP contribution in [0.2, 0.25) is 0 Å². The smallest absolute Gasteiger partial charge is 0.347 e. The quantitative estimate of drug-likeness (QED) is 0.0833. The highest BCUT2D eigenvalue weighted by atomic mass is 16.6. The lowest BCUT2D eigenvalue weighted by Crippen LogP contribution is -2.19.